The van der Waals surface area contributed by atoms with Crippen LogP contribution in [0.3, 0.4) is 0 Å². The first-order chi connectivity index (χ1) is 17.2. The molecule has 5 aromatic rings. The van der Waals surface area contributed by atoms with Gasteiger partial charge in [-0.1, -0.05) is 18.2 Å². The molecule has 0 aliphatic rings. The van der Waals surface area contributed by atoms with Crippen molar-refractivity contribution in [3.63, 3.8) is 0 Å². The fourth-order valence-electron chi connectivity index (χ4n) is 3.78. The van der Waals surface area contributed by atoms with Gasteiger partial charge in [0.25, 0.3) is 0 Å². The average Bonchev–Trinajstić information content (AvgIpc) is 3.51. The number of hydrogen-bond acceptors (Lipinski definition) is 6. The van der Waals surface area contributed by atoms with Crippen molar-refractivity contribution < 1.29 is 14.2 Å². The third-order valence-electron chi connectivity index (χ3n) is 5.60. The lowest BCUT2D eigenvalue weighted by Crippen LogP contribution is -2.11. The number of rotatable bonds is 7. The zero-order valence-electron chi connectivity index (χ0n) is 19.6. The van der Waals surface area contributed by atoms with Crippen molar-refractivity contribution in [1.82, 2.24) is 9.66 Å². The molecule has 2 aromatic heterocycles. The average molecular weight is 485 g/mol. The molecule has 35 heavy (non-hydrogen) atoms. The fourth-order valence-corrected chi connectivity index (χ4v) is 4.62. The fraction of sp³-hybridized carbons (Fsp3) is 0.111. The molecule has 0 fully saturated rings. The molecule has 1 N–H and O–H groups in total. The van der Waals surface area contributed by atoms with Crippen LogP contribution in [0.5, 0.6) is 17.2 Å². The summed E-state index contributed by atoms with van der Waals surface area (Å²) in [6.45, 7) is 0. The Hall–Kier alpha value is -4.30. The molecule has 0 saturated carbocycles. The van der Waals surface area contributed by atoms with Crippen LogP contribution in [0.4, 0.5) is 5.69 Å². The molecule has 0 aliphatic carbocycles. The lowest BCUT2D eigenvalue weighted by atomic mass is 10.1. The molecule has 7 nitrogen and oxygen atoms in total. The monoisotopic (exact) mass is 484 g/mol. The minimum atomic E-state index is 0.714. The Morgan fingerprint density at radius 2 is 1.66 bits per heavy atom. The first-order valence-electron chi connectivity index (χ1n) is 10.9. The highest BCUT2D eigenvalue weighted by Gasteiger charge is 2.14. The Bertz CT molecular complexity index is 1560. The normalized spacial score (nSPS) is 11.9. The van der Waals surface area contributed by atoms with Gasteiger partial charge in [0.05, 0.1) is 38.9 Å². The van der Waals surface area contributed by atoms with Crippen molar-refractivity contribution in [1.29, 1.82) is 0 Å². The highest BCUT2D eigenvalue weighted by molar-refractivity contribution is 7.07. The van der Waals surface area contributed by atoms with E-state index in [1.54, 1.807) is 21.3 Å². The summed E-state index contributed by atoms with van der Waals surface area (Å²) in [4.78, 5) is 8.86. The minimum Gasteiger partial charge on any atom is -0.497 e. The maximum absolute atomic E-state index is 5.65. The van der Waals surface area contributed by atoms with E-state index in [1.165, 1.54) is 11.3 Å². The number of nitrogens with one attached hydrogen (secondary N) is 1. The number of aromatic amines is 1. The van der Waals surface area contributed by atoms with Crippen LogP contribution in [0.25, 0.3) is 22.2 Å². The molecule has 0 saturated heterocycles. The Balaban J connectivity index is 1.67. The van der Waals surface area contributed by atoms with E-state index in [1.807, 2.05) is 83.1 Å². The van der Waals surface area contributed by atoms with Crippen molar-refractivity contribution in [3.8, 4) is 28.5 Å². The second-order valence-corrected chi connectivity index (χ2v) is 8.46. The number of nitrogens with zero attached hydrogens (tertiary/aromatic N) is 3. The van der Waals surface area contributed by atoms with Crippen LogP contribution in [0.1, 0.15) is 5.56 Å². The molecule has 0 spiro atoms. The van der Waals surface area contributed by atoms with Gasteiger partial charge in [-0.05, 0) is 48.5 Å². The van der Waals surface area contributed by atoms with Crippen molar-refractivity contribution in [2.45, 2.75) is 0 Å². The standard InChI is InChI=1S/C27H24N4O3S/c1-32-20-10-8-19(9-11-20)30-27-31(29-16-18-15-28-24-7-5-4-6-22(18)24)25(17-35-27)23-14-21(33-2)12-13-26(23)34-3/h4-17,28H,1-3H3. The van der Waals surface area contributed by atoms with Gasteiger partial charge in [0.1, 0.15) is 17.2 Å². The maximum atomic E-state index is 5.65. The molecule has 0 atom stereocenters. The number of aromatic nitrogens is 2. The highest BCUT2D eigenvalue weighted by Crippen LogP contribution is 2.34. The van der Waals surface area contributed by atoms with E-state index in [0.717, 1.165) is 50.7 Å². The lowest BCUT2D eigenvalue weighted by Gasteiger charge is -2.11. The summed E-state index contributed by atoms with van der Waals surface area (Å²) in [6.07, 6.45) is 3.79. The Labute approximate surface area is 206 Å². The number of fused-ring (bicyclic) bond motifs is 1. The molecule has 5 rings (SSSR count). The predicted molar refractivity (Wildman–Crippen MR) is 140 cm³/mol. The summed E-state index contributed by atoms with van der Waals surface area (Å²) in [5, 5.41) is 7.98. The topological polar surface area (TPSA) is 73.1 Å². The number of benzene rings is 3. The van der Waals surface area contributed by atoms with Gasteiger partial charge in [-0.3, -0.25) is 0 Å². The van der Waals surface area contributed by atoms with Crippen LogP contribution in [0.15, 0.2) is 88.4 Å². The Kier molecular flexibility index (Phi) is 6.36. The van der Waals surface area contributed by atoms with E-state index in [4.69, 9.17) is 24.3 Å². The number of thiazole rings is 1. The van der Waals surface area contributed by atoms with E-state index in [0.29, 0.717) is 4.80 Å². The number of hydrogen-bond donors (Lipinski definition) is 1. The van der Waals surface area contributed by atoms with Gasteiger partial charge in [-0.2, -0.15) is 5.10 Å². The van der Waals surface area contributed by atoms with Gasteiger partial charge in [0.2, 0.25) is 4.80 Å². The summed E-state index contributed by atoms with van der Waals surface area (Å²) in [6, 6.07) is 21.4. The van der Waals surface area contributed by atoms with Crippen molar-refractivity contribution in [3.05, 3.63) is 88.7 Å². The van der Waals surface area contributed by atoms with Gasteiger partial charge in [-0.15, -0.1) is 11.3 Å². The smallest absolute Gasteiger partial charge is 0.211 e. The number of H-pyrrole nitrogens is 1. The molecule has 8 heteroatoms. The number of methoxy groups -OCH3 is 3. The molecule has 3 aromatic carbocycles. The van der Waals surface area contributed by atoms with Crippen LogP contribution in [-0.2, 0) is 0 Å². The maximum Gasteiger partial charge on any atom is 0.211 e. The van der Waals surface area contributed by atoms with Crippen LogP contribution in [0.2, 0.25) is 0 Å². The molecule has 0 unspecified atom stereocenters. The SMILES string of the molecule is COc1ccc(N=c2scc(-c3cc(OC)ccc3OC)n2N=Cc2c[nH]c3ccccc23)cc1. The third-order valence-corrected chi connectivity index (χ3v) is 6.41. The van der Waals surface area contributed by atoms with E-state index in [2.05, 4.69) is 11.1 Å². The largest absolute Gasteiger partial charge is 0.497 e. The Morgan fingerprint density at radius 1 is 0.886 bits per heavy atom. The van der Waals surface area contributed by atoms with Gasteiger partial charge in [0.15, 0.2) is 0 Å². The second kappa shape index (κ2) is 9.90. The second-order valence-electron chi connectivity index (χ2n) is 7.63. The van der Waals surface area contributed by atoms with Gasteiger partial charge < -0.3 is 19.2 Å². The number of ether oxygens (including phenoxy) is 3. The third kappa shape index (κ3) is 4.56. The molecule has 0 aliphatic heterocycles. The van der Waals surface area contributed by atoms with Crippen LogP contribution in [-0.4, -0.2) is 37.2 Å². The summed E-state index contributed by atoms with van der Waals surface area (Å²) in [5.74, 6) is 2.23. The molecular formula is C27H24N4O3S. The van der Waals surface area contributed by atoms with Crippen molar-refractivity contribution in [2.75, 3.05) is 21.3 Å². The zero-order valence-corrected chi connectivity index (χ0v) is 20.4. The van der Waals surface area contributed by atoms with Crippen molar-refractivity contribution in [2.24, 2.45) is 10.1 Å². The summed E-state index contributed by atoms with van der Waals surface area (Å²) in [5.41, 5.74) is 4.54. The van der Waals surface area contributed by atoms with E-state index in [9.17, 15) is 0 Å². The summed E-state index contributed by atoms with van der Waals surface area (Å²) < 4.78 is 18.2. The molecule has 176 valence electrons. The molecule has 0 amide bonds. The molecular weight excluding hydrogens is 460 g/mol. The quantitative estimate of drug-likeness (QED) is 0.295. The minimum absolute atomic E-state index is 0.714. The van der Waals surface area contributed by atoms with Gasteiger partial charge >= 0.3 is 0 Å². The molecule has 2 heterocycles. The summed E-state index contributed by atoms with van der Waals surface area (Å²) >= 11 is 1.50. The van der Waals surface area contributed by atoms with E-state index in [-0.39, 0.29) is 0 Å². The van der Waals surface area contributed by atoms with Crippen LogP contribution >= 0.6 is 11.3 Å². The van der Waals surface area contributed by atoms with Crippen LogP contribution in [0, 0.1) is 0 Å². The van der Waals surface area contributed by atoms with Gasteiger partial charge in [0, 0.05) is 33.6 Å². The zero-order chi connectivity index (χ0) is 24.2. The first-order valence-corrected chi connectivity index (χ1v) is 11.8. The number of para-hydroxylation sites is 1. The predicted octanol–water partition coefficient (Wildman–Crippen LogP) is 5.84. The van der Waals surface area contributed by atoms with E-state index >= 15 is 0 Å². The first kappa shape index (κ1) is 22.5. The lowest BCUT2D eigenvalue weighted by molar-refractivity contribution is 0.404. The molecule has 0 radical (unpaired) electrons. The summed E-state index contributed by atoms with van der Waals surface area (Å²) in [7, 11) is 4.94. The Morgan fingerprint density at radius 3 is 2.43 bits per heavy atom. The van der Waals surface area contributed by atoms with Crippen molar-refractivity contribution >= 4 is 34.1 Å². The van der Waals surface area contributed by atoms with Gasteiger partial charge in [-0.25, -0.2) is 9.67 Å². The highest BCUT2D eigenvalue weighted by atomic mass is 32.1. The van der Waals surface area contributed by atoms with E-state index < -0.39 is 0 Å². The molecule has 0 bridgehead atoms. The van der Waals surface area contributed by atoms with Crippen LogP contribution < -0.4 is 19.0 Å².